The van der Waals surface area contributed by atoms with Gasteiger partial charge in [-0.05, 0) is 37.3 Å². The van der Waals surface area contributed by atoms with E-state index in [0.717, 1.165) is 17.7 Å². The van der Waals surface area contributed by atoms with Crippen LogP contribution in [0, 0.1) is 11.8 Å². The number of halogens is 3. The van der Waals surface area contributed by atoms with E-state index in [-0.39, 0.29) is 35.7 Å². The van der Waals surface area contributed by atoms with Gasteiger partial charge in [-0.15, -0.1) is 13.2 Å². The number of imidazole rings is 1. The molecule has 2 aromatic rings. The normalized spacial score (nSPS) is 17.4. The topological polar surface area (TPSA) is 155 Å². The van der Waals surface area contributed by atoms with Gasteiger partial charge in [-0.2, -0.15) is 0 Å². The zero-order chi connectivity index (χ0) is 27.5. The number of hydrogen-bond donors (Lipinski definition) is 3. The number of primary amides is 1. The summed E-state index contributed by atoms with van der Waals surface area (Å²) in [7, 11) is 1.14. The number of esters is 1. The van der Waals surface area contributed by atoms with Crippen molar-refractivity contribution in [2.75, 3.05) is 13.7 Å². The van der Waals surface area contributed by atoms with Gasteiger partial charge in [-0.3, -0.25) is 14.4 Å². The van der Waals surface area contributed by atoms with Gasteiger partial charge in [0.15, 0.2) is 5.75 Å². The molecule has 3 amide bonds. The largest absolute Gasteiger partial charge is 0.573 e. The minimum absolute atomic E-state index is 0.00105. The van der Waals surface area contributed by atoms with E-state index in [2.05, 4.69) is 20.4 Å². The van der Waals surface area contributed by atoms with Crippen LogP contribution >= 0.6 is 0 Å². The first-order chi connectivity index (χ1) is 17.3. The van der Waals surface area contributed by atoms with Gasteiger partial charge < -0.3 is 30.4 Å². The SMILES string of the molecule is COC(=O)[C@H](C[C@@H]1CCNC1=O)NC(=O)[C@H](CC(C)C)n1c(C(N)=O)nc2c(OC(F)(F)F)cccc21. The molecule has 3 atom stereocenters. The Morgan fingerprint density at radius 1 is 1.30 bits per heavy atom. The summed E-state index contributed by atoms with van der Waals surface area (Å²) in [6.45, 7) is 4.02. The highest BCUT2D eigenvalue weighted by atomic mass is 19.4. The molecule has 202 valence electrons. The average Bonchev–Trinajstić information content (AvgIpc) is 3.39. The zero-order valence-corrected chi connectivity index (χ0v) is 20.4. The van der Waals surface area contributed by atoms with Crippen molar-refractivity contribution in [2.45, 2.75) is 51.6 Å². The summed E-state index contributed by atoms with van der Waals surface area (Å²) in [5, 5.41) is 5.25. The lowest BCUT2D eigenvalue weighted by Crippen LogP contribution is -2.46. The summed E-state index contributed by atoms with van der Waals surface area (Å²) < 4.78 is 48.9. The Kier molecular flexibility index (Phi) is 8.28. The number of alkyl halides is 3. The number of ether oxygens (including phenoxy) is 2. The minimum Gasteiger partial charge on any atom is -0.467 e. The van der Waals surface area contributed by atoms with Crippen LogP contribution in [0.15, 0.2) is 18.2 Å². The number of carbonyl (C=O) groups excluding carboxylic acids is 4. The maximum atomic E-state index is 13.6. The smallest absolute Gasteiger partial charge is 0.467 e. The fourth-order valence-electron chi connectivity index (χ4n) is 4.34. The van der Waals surface area contributed by atoms with E-state index in [4.69, 9.17) is 10.5 Å². The molecule has 11 nitrogen and oxygen atoms in total. The van der Waals surface area contributed by atoms with Gasteiger partial charge in [0.25, 0.3) is 5.91 Å². The molecule has 0 saturated carbocycles. The molecule has 3 rings (SSSR count). The van der Waals surface area contributed by atoms with Gasteiger partial charge in [0, 0.05) is 12.5 Å². The third-order valence-electron chi connectivity index (χ3n) is 5.92. The van der Waals surface area contributed by atoms with E-state index in [1.54, 1.807) is 13.8 Å². The van der Waals surface area contributed by atoms with Crippen molar-refractivity contribution in [3.63, 3.8) is 0 Å². The number of carbonyl (C=O) groups is 4. The molecule has 1 fully saturated rings. The van der Waals surface area contributed by atoms with E-state index in [0.29, 0.717) is 13.0 Å². The van der Waals surface area contributed by atoms with Crippen molar-refractivity contribution >= 4 is 34.7 Å². The Hall–Kier alpha value is -3.84. The van der Waals surface area contributed by atoms with Crippen molar-refractivity contribution in [1.29, 1.82) is 0 Å². The van der Waals surface area contributed by atoms with Crippen molar-refractivity contribution in [1.82, 2.24) is 20.2 Å². The molecular weight excluding hydrogens is 499 g/mol. The van der Waals surface area contributed by atoms with Crippen LogP contribution in [0.1, 0.15) is 49.8 Å². The maximum absolute atomic E-state index is 13.6. The van der Waals surface area contributed by atoms with E-state index in [1.807, 2.05) is 0 Å². The number of nitrogens with zero attached hydrogens (tertiary/aromatic N) is 2. The van der Waals surface area contributed by atoms with Crippen LogP contribution in [0.25, 0.3) is 11.0 Å². The number of amides is 3. The molecule has 37 heavy (non-hydrogen) atoms. The van der Waals surface area contributed by atoms with Gasteiger partial charge in [0.1, 0.15) is 17.6 Å². The Morgan fingerprint density at radius 2 is 2.00 bits per heavy atom. The molecule has 14 heteroatoms. The van der Waals surface area contributed by atoms with Gasteiger partial charge in [-0.25, -0.2) is 9.78 Å². The van der Waals surface area contributed by atoms with Crippen molar-refractivity contribution < 1.29 is 41.8 Å². The summed E-state index contributed by atoms with van der Waals surface area (Å²) in [6, 6.07) is 1.27. The molecule has 1 aromatic carbocycles. The summed E-state index contributed by atoms with van der Waals surface area (Å²) in [4.78, 5) is 54.3. The van der Waals surface area contributed by atoms with E-state index < -0.39 is 53.7 Å². The van der Waals surface area contributed by atoms with E-state index in [1.165, 1.54) is 12.1 Å². The van der Waals surface area contributed by atoms with E-state index in [9.17, 15) is 32.3 Å². The van der Waals surface area contributed by atoms with Crippen LogP contribution in [-0.2, 0) is 19.1 Å². The predicted molar refractivity (Wildman–Crippen MR) is 123 cm³/mol. The monoisotopic (exact) mass is 527 g/mol. The number of rotatable bonds is 10. The number of para-hydroxylation sites is 1. The molecule has 4 N–H and O–H groups in total. The molecule has 0 bridgehead atoms. The average molecular weight is 528 g/mol. The maximum Gasteiger partial charge on any atom is 0.573 e. The van der Waals surface area contributed by atoms with Crippen LogP contribution in [0.4, 0.5) is 13.2 Å². The number of nitrogens with one attached hydrogen (secondary N) is 2. The van der Waals surface area contributed by atoms with Gasteiger partial charge in [0.05, 0.1) is 12.6 Å². The second-order valence-electron chi connectivity index (χ2n) is 9.08. The Labute approximate surface area is 209 Å². The molecule has 1 aliphatic rings. The van der Waals surface area contributed by atoms with Crippen LogP contribution < -0.4 is 21.1 Å². The van der Waals surface area contributed by atoms with Crippen molar-refractivity contribution in [2.24, 2.45) is 17.6 Å². The highest BCUT2D eigenvalue weighted by molar-refractivity contribution is 5.97. The first-order valence-corrected chi connectivity index (χ1v) is 11.5. The quantitative estimate of drug-likeness (QED) is 0.398. The second kappa shape index (κ2) is 11.0. The predicted octanol–water partition coefficient (Wildman–Crippen LogP) is 1.80. The molecule has 0 aliphatic carbocycles. The first kappa shape index (κ1) is 27.7. The number of hydrogen-bond acceptors (Lipinski definition) is 7. The third kappa shape index (κ3) is 6.49. The summed E-state index contributed by atoms with van der Waals surface area (Å²) in [6.07, 6.45) is -4.47. The van der Waals surface area contributed by atoms with Crippen LogP contribution in [0.2, 0.25) is 0 Å². The van der Waals surface area contributed by atoms with Gasteiger partial charge in [0.2, 0.25) is 17.6 Å². The summed E-state index contributed by atoms with van der Waals surface area (Å²) in [5.41, 5.74) is 5.17. The summed E-state index contributed by atoms with van der Waals surface area (Å²) in [5.74, 6) is -4.63. The minimum atomic E-state index is -5.03. The van der Waals surface area contributed by atoms with Gasteiger partial charge >= 0.3 is 12.3 Å². The molecule has 0 radical (unpaired) electrons. The number of nitrogens with two attached hydrogens (primary N) is 1. The lowest BCUT2D eigenvalue weighted by molar-refractivity contribution is -0.274. The van der Waals surface area contributed by atoms with Crippen molar-refractivity contribution in [3.05, 3.63) is 24.0 Å². The molecular formula is C23H28F3N5O6. The lowest BCUT2D eigenvalue weighted by atomic mass is 9.97. The zero-order valence-electron chi connectivity index (χ0n) is 20.4. The second-order valence-corrected chi connectivity index (χ2v) is 9.08. The molecule has 0 unspecified atom stereocenters. The van der Waals surface area contributed by atoms with Crippen LogP contribution in [0.3, 0.4) is 0 Å². The third-order valence-corrected chi connectivity index (χ3v) is 5.92. The number of benzene rings is 1. The molecule has 0 spiro atoms. The Morgan fingerprint density at radius 3 is 2.54 bits per heavy atom. The standard InChI is InChI=1S/C23H28F3N5O6/c1-11(2)9-15(21(34)29-13(22(35)36-3)10-12-7-8-28-20(12)33)31-14-5-4-6-16(37-23(24,25)26)17(14)30-19(31)18(27)32/h4-6,11-13,15H,7-10H2,1-3H3,(H2,27,32)(H,28,33)(H,29,34)/t12-,13-,15-/m0/s1. The van der Waals surface area contributed by atoms with Crippen LogP contribution in [-0.4, -0.2) is 59.3 Å². The molecule has 1 aromatic heterocycles. The Bertz CT molecular complexity index is 1200. The fraction of sp³-hybridized carbons (Fsp3) is 0.522. The van der Waals surface area contributed by atoms with Crippen molar-refractivity contribution in [3.8, 4) is 5.75 Å². The fourth-order valence-corrected chi connectivity index (χ4v) is 4.34. The first-order valence-electron chi connectivity index (χ1n) is 11.5. The number of aromatic nitrogens is 2. The number of methoxy groups -OCH3 is 1. The molecule has 2 heterocycles. The summed E-state index contributed by atoms with van der Waals surface area (Å²) >= 11 is 0. The lowest BCUT2D eigenvalue weighted by Gasteiger charge is -2.25. The highest BCUT2D eigenvalue weighted by Gasteiger charge is 2.37. The van der Waals surface area contributed by atoms with Crippen LogP contribution in [0.5, 0.6) is 5.75 Å². The number of fused-ring (bicyclic) bond motifs is 1. The molecule has 1 saturated heterocycles. The Balaban J connectivity index is 2.06. The highest BCUT2D eigenvalue weighted by Crippen LogP contribution is 2.34. The molecule has 1 aliphatic heterocycles. The van der Waals surface area contributed by atoms with E-state index >= 15 is 0 Å². The van der Waals surface area contributed by atoms with Gasteiger partial charge in [-0.1, -0.05) is 19.9 Å².